The SMILES string of the molecule is COc1ccccc1[C@H]1c2sc(=O)n(CC(=O)Nc3cccc(C(F)(F)F)c3)c2SC2C(=O)N(c3ccc(Br)cc3)C(=O)C21. The summed E-state index contributed by atoms with van der Waals surface area (Å²) in [7, 11) is 1.48. The fourth-order valence-corrected chi connectivity index (χ4v) is 8.50. The van der Waals surface area contributed by atoms with Crippen molar-refractivity contribution in [2.75, 3.05) is 17.3 Å². The molecule has 8 nitrogen and oxygen atoms in total. The fourth-order valence-electron chi connectivity index (χ4n) is 5.48. The second-order valence-electron chi connectivity index (χ2n) is 10.0. The summed E-state index contributed by atoms with van der Waals surface area (Å²) in [5, 5.41) is 1.85. The Hall–Kier alpha value is -3.88. The van der Waals surface area contributed by atoms with Crippen molar-refractivity contribution in [1.29, 1.82) is 0 Å². The van der Waals surface area contributed by atoms with Crippen LogP contribution in [0.2, 0.25) is 0 Å². The van der Waals surface area contributed by atoms with Crippen molar-refractivity contribution in [3.05, 3.63) is 103 Å². The minimum atomic E-state index is -4.60. The van der Waals surface area contributed by atoms with Gasteiger partial charge in [0.15, 0.2) is 0 Å². The Morgan fingerprint density at radius 3 is 2.43 bits per heavy atom. The van der Waals surface area contributed by atoms with Crippen molar-refractivity contribution in [2.45, 2.75) is 28.9 Å². The molecule has 44 heavy (non-hydrogen) atoms. The zero-order valence-corrected chi connectivity index (χ0v) is 25.9. The maximum absolute atomic E-state index is 14.0. The number of thioether (sulfide) groups is 1. The second-order valence-corrected chi connectivity index (χ2v) is 13.1. The van der Waals surface area contributed by atoms with Crippen molar-refractivity contribution in [2.24, 2.45) is 5.92 Å². The first kappa shape index (κ1) is 30.2. The minimum absolute atomic E-state index is 0.0803. The van der Waals surface area contributed by atoms with Crippen molar-refractivity contribution in [1.82, 2.24) is 4.57 Å². The first-order chi connectivity index (χ1) is 21.0. The maximum Gasteiger partial charge on any atom is 0.416 e. The molecule has 226 valence electrons. The third-order valence-electron chi connectivity index (χ3n) is 7.38. The van der Waals surface area contributed by atoms with Crippen LogP contribution in [0.15, 0.2) is 87.1 Å². The van der Waals surface area contributed by atoms with Crippen LogP contribution in [-0.4, -0.2) is 34.6 Å². The van der Waals surface area contributed by atoms with Gasteiger partial charge in [0.2, 0.25) is 17.7 Å². The Bertz CT molecular complexity index is 1860. The number of amides is 3. The molecule has 3 aromatic carbocycles. The predicted molar refractivity (Wildman–Crippen MR) is 163 cm³/mol. The average Bonchev–Trinajstić information content (AvgIpc) is 3.43. The normalized spacial score (nSPS) is 19.5. The molecule has 1 N–H and O–H groups in total. The van der Waals surface area contributed by atoms with E-state index < -0.39 is 58.0 Å². The molecule has 0 spiro atoms. The van der Waals surface area contributed by atoms with Crippen molar-refractivity contribution in [3.63, 3.8) is 0 Å². The highest BCUT2D eigenvalue weighted by Gasteiger charge is 2.57. The first-order valence-corrected chi connectivity index (χ1v) is 15.6. The van der Waals surface area contributed by atoms with E-state index in [4.69, 9.17) is 4.74 Å². The molecular weight excluding hydrogens is 683 g/mol. The number of ether oxygens (including phenoxy) is 1. The number of nitrogens with zero attached hydrogens (tertiary/aromatic N) is 2. The van der Waals surface area contributed by atoms with E-state index in [1.165, 1.54) is 23.8 Å². The van der Waals surface area contributed by atoms with Gasteiger partial charge in [-0.1, -0.05) is 63.3 Å². The summed E-state index contributed by atoms with van der Waals surface area (Å²) in [5.41, 5.74) is -0.00461. The molecule has 0 bridgehead atoms. The zero-order valence-electron chi connectivity index (χ0n) is 22.6. The van der Waals surface area contributed by atoms with E-state index in [2.05, 4.69) is 21.2 Å². The van der Waals surface area contributed by atoms with Gasteiger partial charge in [-0.25, -0.2) is 4.90 Å². The largest absolute Gasteiger partial charge is 0.496 e. The number of halogens is 4. The Kier molecular flexibility index (Phi) is 7.92. The van der Waals surface area contributed by atoms with Crippen LogP contribution in [0.4, 0.5) is 24.5 Å². The number of imide groups is 1. The number of alkyl halides is 3. The van der Waals surface area contributed by atoms with Crippen LogP contribution in [0.3, 0.4) is 0 Å². The van der Waals surface area contributed by atoms with Gasteiger partial charge in [0.25, 0.3) is 0 Å². The standard InChI is InChI=1S/C30H21BrF3N3O5S2/c1-42-20-8-3-2-7-19(20)22-23-24(27(40)37(26(23)39)18-11-9-16(31)10-12-18)43-28-25(22)44-29(41)36(28)14-21(38)35-17-6-4-5-15(13-17)30(32,33)34/h2-13,22-24H,14H2,1H3,(H,35,38)/t22-,23?,24?/m1/s1. The van der Waals surface area contributed by atoms with Crippen molar-refractivity contribution in [3.8, 4) is 5.75 Å². The quantitative estimate of drug-likeness (QED) is 0.243. The number of hydrogen-bond acceptors (Lipinski definition) is 7. The summed E-state index contributed by atoms with van der Waals surface area (Å²) in [6.07, 6.45) is -4.60. The number of carbonyl (C=O) groups excluding carboxylic acids is 3. The highest BCUT2D eigenvalue weighted by molar-refractivity contribution is 9.10. The Morgan fingerprint density at radius 2 is 1.73 bits per heavy atom. The molecule has 2 unspecified atom stereocenters. The highest BCUT2D eigenvalue weighted by Crippen LogP contribution is 2.55. The number of fused-ring (bicyclic) bond motifs is 2. The zero-order chi connectivity index (χ0) is 31.3. The lowest BCUT2D eigenvalue weighted by molar-refractivity contribution is -0.137. The number of thiazole rings is 1. The number of benzene rings is 3. The average molecular weight is 705 g/mol. The number of carbonyl (C=O) groups is 3. The third-order valence-corrected chi connectivity index (χ3v) is 10.5. The number of anilines is 2. The number of nitrogens with one attached hydrogen (secondary N) is 1. The molecule has 3 atom stereocenters. The molecular formula is C30H21BrF3N3O5S2. The van der Waals surface area contributed by atoms with E-state index in [1.54, 1.807) is 48.5 Å². The van der Waals surface area contributed by atoms with E-state index in [0.717, 1.165) is 44.6 Å². The van der Waals surface area contributed by atoms with Gasteiger partial charge < -0.3 is 10.1 Å². The van der Waals surface area contributed by atoms with E-state index in [0.29, 0.717) is 26.9 Å². The number of para-hydroxylation sites is 1. The molecule has 0 aliphatic carbocycles. The van der Waals surface area contributed by atoms with Gasteiger partial charge in [-0.15, -0.1) is 0 Å². The molecule has 14 heteroatoms. The molecule has 3 amide bonds. The molecule has 0 saturated carbocycles. The number of hydrogen-bond donors (Lipinski definition) is 1. The van der Waals surface area contributed by atoms with Crippen LogP contribution < -0.4 is 19.8 Å². The van der Waals surface area contributed by atoms with Gasteiger partial charge in [-0.2, -0.15) is 13.2 Å². The monoisotopic (exact) mass is 703 g/mol. The van der Waals surface area contributed by atoms with E-state index in [9.17, 15) is 32.3 Å². The molecule has 1 saturated heterocycles. The van der Waals surface area contributed by atoms with Crippen LogP contribution in [-0.2, 0) is 27.1 Å². The number of aromatic nitrogens is 1. The van der Waals surface area contributed by atoms with E-state index in [-0.39, 0.29) is 5.69 Å². The Labute approximate surface area is 265 Å². The summed E-state index contributed by atoms with van der Waals surface area (Å²) >= 11 is 5.26. The Morgan fingerprint density at radius 1 is 1.00 bits per heavy atom. The lowest BCUT2D eigenvalue weighted by Gasteiger charge is -2.31. The summed E-state index contributed by atoms with van der Waals surface area (Å²) in [4.78, 5) is 55.4. The van der Waals surface area contributed by atoms with Crippen LogP contribution >= 0.6 is 39.0 Å². The van der Waals surface area contributed by atoms with E-state index >= 15 is 0 Å². The topological polar surface area (TPSA) is 97.7 Å². The third kappa shape index (κ3) is 5.35. The van der Waals surface area contributed by atoms with Gasteiger partial charge >= 0.3 is 11.0 Å². The minimum Gasteiger partial charge on any atom is -0.496 e. The summed E-state index contributed by atoms with van der Waals surface area (Å²) in [5.74, 6) is -2.76. The van der Waals surface area contributed by atoms with Crippen LogP contribution in [0, 0.1) is 5.92 Å². The van der Waals surface area contributed by atoms with Gasteiger partial charge in [0.1, 0.15) is 17.5 Å². The summed E-state index contributed by atoms with van der Waals surface area (Å²) in [6.45, 7) is -0.511. The molecule has 6 rings (SSSR count). The maximum atomic E-state index is 14.0. The molecule has 1 fully saturated rings. The Balaban J connectivity index is 1.40. The predicted octanol–water partition coefficient (Wildman–Crippen LogP) is 6.13. The molecule has 3 heterocycles. The van der Waals surface area contributed by atoms with Crippen LogP contribution in [0.5, 0.6) is 5.75 Å². The molecule has 2 aliphatic heterocycles. The molecule has 4 aromatic rings. The van der Waals surface area contributed by atoms with Crippen LogP contribution in [0.1, 0.15) is 21.9 Å². The van der Waals surface area contributed by atoms with E-state index in [1.807, 2.05) is 0 Å². The molecule has 0 radical (unpaired) electrons. The molecule has 2 aliphatic rings. The smallest absolute Gasteiger partial charge is 0.416 e. The second kappa shape index (κ2) is 11.6. The number of rotatable bonds is 6. The van der Waals surface area contributed by atoms with Gasteiger partial charge in [0.05, 0.1) is 29.3 Å². The lowest BCUT2D eigenvalue weighted by atomic mass is 9.82. The lowest BCUT2D eigenvalue weighted by Crippen LogP contribution is -2.33. The molecule has 1 aromatic heterocycles. The fraction of sp³-hybridized carbons (Fsp3) is 0.200. The number of methoxy groups -OCH3 is 1. The van der Waals surface area contributed by atoms with Gasteiger partial charge in [-0.05, 0) is 48.5 Å². The van der Waals surface area contributed by atoms with Crippen molar-refractivity contribution < 1.29 is 32.3 Å². The van der Waals surface area contributed by atoms with Gasteiger partial charge in [-0.3, -0.25) is 23.7 Å². The highest BCUT2D eigenvalue weighted by atomic mass is 79.9. The van der Waals surface area contributed by atoms with Crippen LogP contribution in [0.25, 0.3) is 0 Å². The summed E-state index contributed by atoms with van der Waals surface area (Å²) in [6, 6.07) is 18.0. The summed E-state index contributed by atoms with van der Waals surface area (Å²) < 4.78 is 47.1. The first-order valence-electron chi connectivity index (χ1n) is 13.1. The van der Waals surface area contributed by atoms with Crippen molar-refractivity contribution >= 4 is 68.1 Å². The van der Waals surface area contributed by atoms with Gasteiger partial charge in [0, 0.05) is 26.5 Å².